The summed E-state index contributed by atoms with van der Waals surface area (Å²) in [4.78, 5) is 39.7. The van der Waals surface area contributed by atoms with Gasteiger partial charge in [-0.25, -0.2) is 4.79 Å². The Bertz CT molecular complexity index is 472. The van der Waals surface area contributed by atoms with Crippen molar-refractivity contribution in [3.05, 3.63) is 12.2 Å². The van der Waals surface area contributed by atoms with Gasteiger partial charge in [-0.05, 0) is 19.3 Å². The van der Waals surface area contributed by atoms with Crippen LogP contribution in [-0.2, 0) is 24.0 Å². The SMILES string of the molecule is COC1/C=C\CCCCC1(O)CC(=O)ON1C(=O)CCC1=O. The van der Waals surface area contributed by atoms with E-state index in [1.807, 2.05) is 6.08 Å². The highest BCUT2D eigenvalue weighted by Gasteiger charge is 2.40. The highest BCUT2D eigenvalue weighted by Crippen LogP contribution is 2.29. The van der Waals surface area contributed by atoms with E-state index >= 15 is 0 Å². The zero-order valence-electron chi connectivity index (χ0n) is 12.6. The molecule has 1 aliphatic carbocycles. The van der Waals surface area contributed by atoms with Crippen LogP contribution in [0.5, 0.6) is 0 Å². The first kappa shape index (κ1) is 16.6. The van der Waals surface area contributed by atoms with Gasteiger partial charge < -0.3 is 14.7 Å². The summed E-state index contributed by atoms with van der Waals surface area (Å²) in [6.45, 7) is 0. The minimum absolute atomic E-state index is 0.0415. The van der Waals surface area contributed by atoms with E-state index in [0.29, 0.717) is 11.5 Å². The van der Waals surface area contributed by atoms with E-state index < -0.39 is 29.5 Å². The van der Waals surface area contributed by atoms with Crippen LogP contribution in [0.3, 0.4) is 0 Å². The number of ether oxygens (including phenoxy) is 1. The van der Waals surface area contributed by atoms with Crippen LogP contribution in [0.25, 0.3) is 0 Å². The standard InChI is InChI=1S/C15H21NO6/c1-21-11-6-4-2-3-5-9-15(11,20)10-14(19)22-16-12(17)7-8-13(16)18/h4,6,11,20H,2-3,5,7-10H2,1H3/b6-4-. The van der Waals surface area contributed by atoms with Crippen LogP contribution in [0.4, 0.5) is 0 Å². The van der Waals surface area contributed by atoms with E-state index in [4.69, 9.17) is 9.57 Å². The van der Waals surface area contributed by atoms with Crippen molar-refractivity contribution in [2.24, 2.45) is 0 Å². The Hall–Kier alpha value is -1.73. The number of amides is 2. The van der Waals surface area contributed by atoms with Gasteiger partial charge in [-0.2, -0.15) is 0 Å². The van der Waals surface area contributed by atoms with Crippen LogP contribution in [0.15, 0.2) is 12.2 Å². The summed E-state index contributed by atoms with van der Waals surface area (Å²) in [5.74, 6) is -1.89. The van der Waals surface area contributed by atoms with Gasteiger partial charge in [0.15, 0.2) is 0 Å². The lowest BCUT2D eigenvalue weighted by Crippen LogP contribution is -2.46. The monoisotopic (exact) mass is 311 g/mol. The van der Waals surface area contributed by atoms with Gasteiger partial charge >= 0.3 is 5.97 Å². The number of hydrogen-bond donors (Lipinski definition) is 1. The second-order valence-corrected chi connectivity index (χ2v) is 5.66. The maximum Gasteiger partial charge on any atom is 0.336 e. The van der Waals surface area contributed by atoms with Crippen molar-refractivity contribution in [3.63, 3.8) is 0 Å². The molecule has 2 aliphatic rings. The van der Waals surface area contributed by atoms with Crippen molar-refractivity contribution >= 4 is 17.8 Å². The summed E-state index contributed by atoms with van der Waals surface area (Å²) in [6.07, 6.45) is 5.69. The molecule has 1 aliphatic heterocycles. The molecule has 0 aromatic carbocycles. The molecule has 7 heteroatoms. The molecule has 2 amide bonds. The summed E-state index contributed by atoms with van der Waals surface area (Å²) < 4.78 is 5.26. The molecule has 2 atom stereocenters. The summed E-state index contributed by atoms with van der Waals surface area (Å²) >= 11 is 0. The summed E-state index contributed by atoms with van der Waals surface area (Å²) in [5.41, 5.74) is -1.41. The quantitative estimate of drug-likeness (QED) is 0.611. The second kappa shape index (κ2) is 7.02. The van der Waals surface area contributed by atoms with Gasteiger partial charge in [0.25, 0.3) is 11.8 Å². The van der Waals surface area contributed by atoms with Gasteiger partial charge in [0.2, 0.25) is 0 Å². The van der Waals surface area contributed by atoms with Crippen LogP contribution >= 0.6 is 0 Å². The first-order valence-electron chi connectivity index (χ1n) is 7.45. The fourth-order valence-corrected chi connectivity index (χ4v) is 2.76. The fraction of sp³-hybridized carbons (Fsp3) is 0.667. The third kappa shape index (κ3) is 3.72. The van der Waals surface area contributed by atoms with Crippen molar-refractivity contribution in [3.8, 4) is 0 Å². The number of aliphatic hydroxyl groups is 1. The molecule has 22 heavy (non-hydrogen) atoms. The van der Waals surface area contributed by atoms with E-state index in [-0.39, 0.29) is 19.3 Å². The van der Waals surface area contributed by atoms with Gasteiger partial charge in [0.1, 0.15) is 11.7 Å². The normalized spacial score (nSPS) is 30.8. The van der Waals surface area contributed by atoms with Crippen LogP contribution in [-0.4, -0.2) is 46.8 Å². The Morgan fingerprint density at radius 2 is 2.05 bits per heavy atom. The topological polar surface area (TPSA) is 93.1 Å². The Balaban J connectivity index is 2.03. The van der Waals surface area contributed by atoms with Crippen LogP contribution < -0.4 is 0 Å². The van der Waals surface area contributed by atoms with Gasteiger partial charge in [0.05, 0.1) is 6.42 Å². The van der Waals surface area contributed by atoms with Crippen molar-refractivity contribution in [1.29, 1.82) is 0 Å². The van der Waals surface area contributed by atoms with E-state index in [1.165, 1.54) is 7.11 Å². The molecule has 0 saturated carbocycles. The van der Waals surface area contributed by atoms with E-state index in [9.17, 15) is 19.5 Å². The number of nitrogens with zero attached hydrogens (tertiary/aromatic N) is 1. The summed E-state index contributed by atoms with van der Waals surface area (Å²) in [7, 11) is 1.46. The smallest absolute Gasteiger partial charge is 0.336 e. The van der Waals surface area contributed by atoms with Crippen LogP contribution in [0.2, 0.25) is 0 Å². The highest BCUT2D eigenvalue weighted by molar-refractivity contribution is 6.01. The lowest BCUT2D eigenvalue weighted by Gasteiger charge is -2.34. The summed E-state index contributed by atoms with van der Waals surface area (Å²) in [6, 6.07) is 0. The van der Waals surface area contributed by atoms with E-state index in [2.05, 4.69) is 0 Å². The van der Waals surface area contributed by atoms with Crippen LogP contribution in [0.1, 0.15) is 44.9 Å². The predicted octanol–water partition coefficient (Wildman–Crippen LogP) is 0.860. The van der Waals surface area contributed by atoms with Gasteiger partial charge in [-0.15, -0.1) is 5.06 Å². The predicted molar refractivity (Wildman–Crippen MR) is 75.2 cm³/mol. The number of carbonyl (C=O) groups excluding carboxylic acids is 3. The minimum Gasteiger partial charge on any atom is -0.386 e. The molecule has 7 nitrogen and oxygen atoms in total. The highest BCUT2D eigenvalue weighted by atomic mass is 16.7. The van der Waals surface area contributed by atoms with Gasteiger partial charge in [0, 0.05) is 20.0 Å². The fourth-order valence-electron chi connectivity index (χ4n) is 2.76. The molecule has 1 N–H and O–H groups in total. The molecule has 122 valence electrons. The van der Waals surface area contributed by atoms with Crippen molar-refractivity contribution in [2.75, 3.05) is 7.11 Å². The van der Waals surface area contributed by atoms with Crippen molar-refractivity contribution in [1.82, 2.24) is 5.06 Å². The van der Waals surface area contributed by atoms with Gasteiger partial charge in [-0.1, -0.05) is 18.6 Å². The number of methoxy groups -OCH3 is 1. The van der Waals surface area contributed by atoms with Gasteiger partial charge in [-0.3, -0.25) is 9.59 Å². The minimum atomic E-state index is -1.41. The maximum atomic E-state index is 12.0. The van der Waals surface area contributed by atoms with Crippen molar-refractivity contribution in [2.45, 2.75) is 56.7 Å². The Morgan fingerprint density at radius 3 is 2.68 bits per heavy atom. The first-order chi connectivity index (χ1) is 10.5. The molecule has 0 spiro atoms. The van der Waals surface area contributed by atoms with E-state index in [0.717, 1.165) is 19.3 Å². The zero-order valence-corrected chi connectivity index (χ0v) is 12.6. The molecule has 2 rings (SSSR count). The Morgan fingerprint density at radius 1 is 1.36 bits per heavy atom. The average molecular weight is 311 g/mol. The summed E-state index contributed by atoms with van der Waals surface area (Å²) in [5, 5.41) is 11.2. The Labute approximate surface area is 128 Å². The molecule has 2 unspecified atom stereocenters. The molecule has 1 heterocycles. The first-order valence-corrected chi connectivity index (χ1v) is 7.45. The third-order valence-electron chi connectivity index (χ3n) is 3.97. The lowest BCUT2D eigenvalue weighted by atomic mass is 9.85. The second-order valence-electron chi connectivity index (χ2n) is 5.66. The number of imide groups is 1. The number of hydrogen-bond acceptors (Lipinski definition) is 6. The lowest BCUT2D eigenvalue weighted by molar-refractivity contribution is -0.202. The van der Waals surface area contributed by atoms with Crippen molar-refractivity contribution < 1.29 is 29.1 Å². The molecule has 1 fully saturated rings. The molecule has 1 saturated heterocycles. The molecular weight excluding hydrogens is 290 g/mol. The molecule has 0 aromatic rings. The number of rotatable bonds is 4. The largest absolute Gasteiger partial charge is 0.386 e. The number of allylic oxidation sites excluding steroid dienone is 1. The number of hydroxylamine groups is 2. The molecule has 0 bridgehead atoms. The molecule has 0 aromatic heterocycles. The third-order valence-corrected chi connectivity index (χ3v) is 3.97. The maximum absolute atomic E-state index is 12.0. The van der Waals surface area contributed by atoms with Crippen LogP contribution in [0, 0.1) is 0 Å². The average Bonchev–Trinajstić information content (AvgIpc) is 2.76. The number of carbonyl (C=O) groups is 3. The zero-order chi connectivity index (χ0) is 16.2. The molecular formula is C15H21NO6. The van der Waals surface area contributed by atoms with E-state index in [1.54, 1.807) is 6.08 Å². The Kier molecular flexibility index (Phi) is 5.31. The molecule has 0 radical (unpaired) electrons.